The molecule has 1 aromatic carbocycles. The van der Waals surface area contributed by atoms with Crippen LogP contribution in [-0.4, -0.2) is 28.0 Å². The van der Waals surface area contributed by atoms with Crippen molar-refractivity contribution in [3.8, 4) is 0 Å². The van der Waals surface area contributed by atoms with Crippen LogP contribution in [0.15, 0.2) is 58.4 Å². The number of rotatable bonds is 3. The van der Waals surface area contributed by atoms with Gasteiger partial charge in [-0.1, -0.05) is 18.2 Å². The van der Waals surface area contributed by atoms with Crippen molar-refractivity contribution in [3.05, 3.63) is 64.7 Å². The number of aryl methyl sites for hydroxylation is 1. The van der Waals surface area contributed by atoms with Crippen molar-refractivity contribution in [1.29, 1.82) is 0 Å². The second-order valence-electron chi connectivity index (χ2n) is 4.95. The molecule has 0 aliphatic rings. The van der Waals surface area contributed by atoms with Crippen molar-refractivity contribution in [3.63, 3.8) is 0 Å². The van der Waals surface area contributed by atoms with E-state index in [4.69, 9.17) is 0 Å². The third-order valence-corrected chi connectivity index (χ3v) is 5.22. The molecular weight excluding hydrogens is 320 g/mol. The van der Waals surface area contributed by atoms with Gasteiger partial charge >= 0.3 is 5.97 Å². The van der Waals surface area contributed by atoms with Gasteiger partial charge in [-0.15, -0.1) is 0 Å². The Hall–Kier alpha value is -2.87. The van der Waals surface area contributed by atoms with E-state index in [9.17, 15) is 23.1 Å². The van der Waals surface area contributed by atoms with E-state index in [1.54, 1.807) is 6.07 Å². The number of benzene rings is 1. The van der Waals surface area contributed by atoms with Crippen LogP contribution in [0.4, 0.5) is 0 Å². The minimum absolute atomic E-state index is 0.0918. The number of aromatic nitrogens is 2. The molecule has 0 radical (unpaired) electrons. The predicted octanol–water partition coefficient (Wildman–Crippen LogP) is 1.28. The fourth-order valence-corrected chi connectivity index (χ4v) is 3.90. The maximum absolute atomic E-state index is 12.8. The third kappa shape index (κ3) is 2.23. The van der Waals surface area contributed by atoms with E-state index < -0.39 is 27.2 Å². The van der Waals surface area contributed by atoms with Gasteiger partial charge in [-0.3, -0.25) is 4.79 Å². The normalized spacial score (nSPS) is 11.7. The predicted molar refractivity (Wildman–Crippen MR) is 83.2 cm³/mol. The quantitative estimate of drug-likeness (QED) is 0.779. The van der Waals surface area contributed by atoms with E-state index in [0.29, 0.717) is 3.97 Å². The summed E-state index contributed by atoms with van der Waals surface area (Å²) in [5.41, 5.74) is -1.25. The second-order valence-corrected chi connectivity index (χ2v) is 6.74. The van der Waals surface area contributed by atoms with E-state index in [1.165, 1.54) is 54.2 Å². The molecule has 118 valence electrons. The van der Waals surface area contributed by atoms with Crippen molar-refractivity contribution < 1.29 is 18.3 Å². The fraction of sp³-hybridized carbons (Fsp3) is 0.0667. The lowest BCUT2D eigenvalue weighted by atomic mass is 10.3. The van der Waals surface area contributed by atoms with Crippen molar-refractivity contribution in [2.45, 2.75) is 4.90 Å². The Balaban J connectivity index is 2.50. The molecule has 0 fully saturated rings. The van der Waals surface area contributed by atoms with Crippen LogP contribution in [0.5, 0.6) is 0 Å². The Morgan fingerprint density at radius 1 is 1.13 bits per heavy atom. The maximum atomic E-state index is 12.8. The molecule has 23 heavy (non-hydrogen) atoms. The first-order chi connectivity index (χ1) is 10.8. The monoisotopic (exact) mass is 332 g/mol. The summed E-state index contributed by atoms with van der Waals surface area (Å²) in [6.07, 6.45) is 1.45. The molecule has 0 bridgehead atoms. The van der Waals surface area contributed by atoms with E-state index in [-0.39, 0.29) is 15.8 Å². The summed E-state index contributed by atoms with van der Waals surface area (Å²) in [7, 11) is -2.75. The molecule has 2 heterocycles. The van der Waals surface area contributed by atoms with Gasteiger partial charge in [0.05, 0.1) is 4.90 Å². The lowest BCUT2D eigenvalue weighted by Crippen LogP contribution is -2.24. The molecule has 0 saturated heterocycles. The van der Waals surface area contributed by atoms with Crippen LogP contribution >= 0.6 is 0 Å². The van der Waals surface area contributed by atoms with Crippen molar-refractivity contribution in [2.24, 2.45) is 7.05 Å². The lowest BCUT2D eigenvalue weighted by molar-refractivity contribution is 0.0689. The van der Waals surface area contributed by atoms with Gasteiger partial charge in [0.1, 0.15) is 11.2 Å². The first-order valence-electron chi connectivity index (χ1n) is 6.59. The average molecular weight is 332 g/mol. The summed E-state index contributed by atoms with van der Waals surface area (Å²) in [6, 6.07) is 10.1. The van der Waals surface area contributed by atoms with Crippen molar-refractivity contribution >= 4 is 26.9 Å². The highest BCUT2D eigenvalue weighted by Crippen LogP contribution is 2.23. The van der Waals surface area contributed by atoms with E-state index in [1.807, 2.05) is 0 Å². The molecular formula is C15H12N2O5S. The molecule has 0 unspecified atom stereocenters. The first-order valence-corrected chi connectivity index (χ1v) is 8.03. The average Bonchev–Trinajstić information content (AvgIpc) is 2.93. The molecule has 0 aliphatic heterocycles. The number of hydrogen-bond acceptors (Lipinski definition) is 4. The van der Waals surface area contributed by atoms with Gasteiger partial charge < -0.3 is 9.67 Å². The smallest absolute Gasteiger partial charge is 0.353 e. The topological polar surface area (TPSA) is 98.4 Å². The molecule has 1 N–H and O–H groups in total. The van der Waals surface area contributed by atoms with Gasteiger partial charge in [-0.2, -0.15) is 0 Å². The van der Waals surface area contributed by atoms with Gasteiger partial charge in [0, 0.05) is 18.6 Å². The van der Waals surface area contributed by atoms with Crippen molar-refractivity contribution in [1.82, 2.24) is 8.54 Å². The molecule has 0 spiro atoms. The summed E-state index contributed by atoms with van der Waals surface area (Å²) < 4.78 is 27.5. The van der Waals surface area contributed by atoms with Crippen LogP contribution < -0.4 is 5.56 Å². The molecule has 2 aromatic heterocycles. The molecule has 0 saturated carbocycles. The summed E-state index contributed by atoms with van der Waals surface area (Å²) in [5, 5.41) is 9.60. The Morgan fingerprint density at radius 3 is 2.39 bits per heavy atom. The molecule has 8 heteroatoms. The second kappa shape index (κ2) is 5.10. The Bertz CT molecular complexity index is 1080. The minimum atomic E-state index is -4.21. The molecule has 0 aliphatic carbocycles. The van der Waals surface area contributed by atoms with Gasteiger partial charge in [0.25, 0.3) is 15.6 Å². The van der Waals surface area contributed by atoms with Gasteiger partial charge in [-0.05, 0) is 24.3 Å². The molecule has 0 atom stereocenters. The SMILES string of the molecule is Cn1ccc2cc(C(=O)O)n(S(=O)(=O)c3ccccc3)c2c1=O. The lowest BCUT2D eigenvalue weighted by Gasteiger charge is -2.10. The third-order valence-electron chi connectivity index (χ3n) is 3.49. The number of aromatic carboxylic acids is 1. The first kappa shape index (κ1) is 15.0. The number of fused-ring (bicyclic) bond motifs is 1. The molecule has 3 rings (SSSR count). The minimum Gasteiger partial charge on any atom is -0.477 e. The zero-order chi connectivity index (χ0) is 16.8. The maximum Gasteiger partial charge on any atom is 0.353 e. The molecule has 3 aromatic rings. The van der Waals surface area contributed by atoms with E-state index in [2.05, 4.69) is 0 Å². The molecule has 7 nitrogen and oxygen atoms in total. The highest BCUT2D eigenvalue weighted by molar-refractivity contribution is 7.90. The molecule has 0 amide bonds. The highest BCUT2D eigenvalue weighted by atomic mass is 32.2. The standard InChI is InChI=1S/C15H12N2O5S/c1-16-8-7-10-9-12(15(19)20)17(13(10)14(16)18)23(21,22)11-5-3-2-4-6-11/h2-9H,1H3,(H,19,20). The number of carboxylic acids is 1. The van der Waals surface area contributed by atoms with Crippen LogP contribution in [-0.2, 0) is 17.1 Å². The van der Waals surface area contributed by atoms with Crippen LogP contribution in [0.1, 0.15) is 10.5 Å². The Morgan fingerprint density at radius 2 is 1.78 bits per heavy atom. The van der Waals surface area contributed by atoms with Crippen LogP contribution in [0.3, 0.4) is 0 Å². The van der Waals surface area contributed by atoms with Gasteiger partial charge in [0.15, 0.2) is 0 Å². The Kier molecular flexibility index (Phi) is 3.33. The number of nitrogens with zero attached hydrogens (tertiary/aromatic N) is 2. The zero-order valence-corrected chi connectivity index (χ0v) is 12.8. The van der Waals surface area contributed by atoms with E-state index >= 15 is 0 Å². The number of carboxylic acid groups (broad SMARTS) is 1. The van der Waals surface area contributed by atoms with E-state index in [0.717, 1.165) is 0 Å². The summed E-state index contributed by atoms with van der Waals surface area (Å²) in [4.78, 5) is 23.7. The highest BCUT2D eigenvalue weighted by Gasteiger charge is 2.27. The zero-order valence-electron chi connectivity index (χ0n) is 12.0. The summed E-state index contributed by atoms with van der Waals surface area (Å²) >= 11 is 0. The summed E-state index contributed by atoms with van der Waals surface area (Å²) in [6.45, 7) is 0. The van der Waals surface area contributed by atoms with Crippen LogP contribution in [0, 0.1) is 0 Å². The number of hydrogen-bond donors (Lipinski definition) is 1. The number of carbonyl (C=O) groups is 1. The fourth-order valence-electron chi connectivity index (χ4n) is 2.37. The Labute approximate surface area is 131 Å². The van der Waals surface area contributed by atoms with Gasteiger partial charge in [-0.25, -0.2) is 17.2 Å². The number of pyridine rings is 1. The van der Waals surface area contributed by atoms with Crippen LogP contribution in [0.25, 0.3) is 10.9 Å². The van der Waals surface area contributed by atoms with Gasteiger partial charge in [0.2, 0.25) is 0 Å². The van der Waals surface area contributed by atoms with Crippen molar-refractivity contribution in [2.75, 3.05) is 0 Å². The van der Waals surface area contributed by atoms with Crippen LogP contribution in [0.2, 0.25) is 0 Å². The largest absolute Gasteiger partial charge is 0.477 e. The summed E-state index contributed by atoms with van der Waals surface area (Å²) in [5.74, 6) is -1.43.